The molecule has 0 unspecified atom stereocenters. The van der Waals surface area contributed by atoms with E-state index >= 15 is 0 Å². The zero-order chi connectivity index (χ0) is 4.99. The van der Waals surface area contributed by atoms with Gasteiger partial charge in [0.2, 0.25) is 5.91 Å². The van der Waals surface area contributed by atoms with Gasteiger partial charge in [0.15, 0.2) is 0 Å². The zero-order valence-corrected chi connectivity index (χ0v) is 3.40. The van der Waals surface area contributed by atoms with E-state index in [4.69, 9.17) is 5.73 Å². The first-order chi connectivity index (χ1) is 2.77. The standard InChI is InChI=1S/C4H6NO/c1-2-3-4(5)6/h2,5H,1,3H2. The van der Waals surface area contributed by atoms with Gasteiger partial charge in [-0.15, -0.1) is 6.58 Å². The lowest BCUT2D eigenvalue weighted by Gasteiger charge is -1.74. The number of carbonyl (C=O) groups is 1. The molecular formula is C4H6NO. The van der Waals surface area contributed by atoms with Gasteiger partial charge in [-0.1, -0.05) is 6.08 Å². The van der Waals surface area contributed by atoms with Gasteiger partial charge in [0.25, 0.3) is 0 Å². The first kappa shape index (κ1) is 5.21. The van der Waals surface area contributed by atoms with Crippen LogP contribution >= 0.6 is 0 Å². The van der Waals surface area contributed by atoms with Crippen LogP contribution in [0.1, 0.15) is 6.42 Å². The van der Waals surface area contributed by atoms with Crippen LogP contribution in [0.25, 0.3) is 0 Å². The molecule has 6 heavy (non-hydrogen) atoms. The van der Waals surface area contributed by atoms with Gasteiger partial charge in [-0.3, -0.25) is 10.5 Å². The Morgan fingerprint density at radius 2 is 2.50 bits per heavy atom. The maximum Gasteiger partial charge on any atom is 0.242 e. The molecule has 0 aromatic heterocycles. The minimum absolute atomic E-state index is 0.167. The van der Waals surface area contributed by atoms with Crippen LogP contribution in [-0.4, -0.2) is 5.91 Å². The second kappa shape index (κ2) is 2.45. The summed E-state index contributed by atoms with van der Waals surface area (Å²) in [6.07, 6.45) is 1.58. The maximum absolute atomic E-state index is 9.64. The van der Waals surface area contributed by atoms with Gasteiger partial charge in [0.1, 0.15) is 0 Å². The minimum Gasteiger partial charge on any atom is -0.273 e. The lowest BCUT2D eigenvalue weighted by molar-refractivity contribution is -0.117. The van der Waals surface area contributed by atoms with Crippen molar-refractivity contribution in [3.63, 3.8) is 0 Å². The molecule has 0 fully saturated rings. The molecule has 0 saturated heterocycles. The Hall–Kier alpha value is -0.790. The molecule has 0 aliphatic carbocycles. The lowest BCUT2D eigenvalue weighted by atomic mass is 10.4. The van der Waals surface area contributed by atoms with Crippen LogP contribution < -0.4 is 5.73 Å². The summed E-state index contributed by atoms with van der Waals surface area (Å²) in [5.41, 5.74) is 6.27. The quantitative estimate of drug-likeness (QED) is 0.445. The Morgan fingerprint density at radius 3 is 2.50 bits per heavy atom. The first-order valence-electron chi connectivity index (χ1n) is 1.62. The molecule has 1 amide bonds. The van der Waals surface area contributed by atoms with Crippen molar-refractivity contribution in [3.05, 3.63) is 12.7 Å². The number of rotatable bonds is 2. The number of carbonyl (C=O) groups excluding carboxylic acids is 1. The van der Waals surface area contributed by atoms with Crippen LogP contribution in [-0.2, 0) is 4.79 Å². The minimum atomic E-state index is -0.579. The molecule has 0 spiro atoms. The van der Waals surface area contributed by atoms with E-state index in [1.54, 1.807) is 0 Å². The molecule has 0 aromatic carbocycles. The third kappa shape index (κ3) is 3.21. The van der Waals surface area contributed by atoms with E-state index in [0.29, 0.717) is 0 Å². The van der Waals surface area contributed by atoms with Gasteiger partial charge in [-0.05, 0) is 0 Å². The average molecular weight is 84.1 g/mol. The monoisotopic (exact) mass is 84.0 g/mol. The Labute approximate surface area is 36.6 Å². The third-order valence-corrected chi connectivity index (χ3v) is 0.330. The summed E-state index contributed by atoms with van der Waals surface area (Å²) in [5, 5.41) is 0. The van der Waals surface area contributed by atoms with Crippen LogP contribution in [0.15, 0.2) is 12.7 Å². The molecule has 0 bridgehead atoms. The van der Waals surface area contributed by atoms with Crippen LogP contribution in [0, 0.1) is 0 Å². The molecule has 33 valence electrons. The van der Waals surface area contributed by atoms with Crippen LogP contribution in [0.3, 0.4) is 0 Å². The highest BCUT2D eigenvalue weighted by Crippen LogP contribution is 1.73. The van der Waals surface area contributed by atoms with E-state index in [2.05, 4.69) is 6.58 Å². The highest BCUT2D eigenvalue weighted by molar-refractivity contribution is 5.74. The van der Waals surface area contributed by atoms with E-state index in [1.165, 1.54) is 6.08 Å². The molecule has 0 heterocycles. The van der Waals surface area contributed by atoms with Crippen molar-refractivity contribution in [2.45, 2.75) is 6.42 Å². The SMILES string of the molecule is C=CCC([NH])=O. The zero-order valence-electron chi connectivity index (χ0n) is 3.40. The highest BCUT2D eigenvalue weighted by atomic mass is 16.1. The van der Waals surface area contributed by atoms with Crippen molar-refractivity contribution in [2.24, 2.45) is 0 Å². The molecule has 0 saturated carbocycles. The summed E-state index contributed by atoms with van der Waals surface area (Å²) >= 11 is 0. The molecule has 2 heteroatoms. The topological polar surface area (TPSA) is 40.9 Å². The van der Waals surface area contributed by atoms with Gasteiger partial charge in [0.05, 0.1) is 0 Å². The summed E-state index contributed by atoms with van der Waals surface area (Å²) in [5.74, 6) is -0.579. The molecule has 0 atom stereocenters. The third-order valence-electron chi connectivity index (χ3n) is 0.330. The largest absolute Gasteiger partial charge is 0.273 e. The second-order valence-corrected chi connectivity index (χ2v) is 0.916. The normalized spacial score (nSPS) is 7.33. The van der Waals surface area contributed by atoms with E-state index < -0.39 is 5.91 Å². The molecule has 0 rings (SSSR count). The van der Waals surface area contributed by atoms with Crippen molar-refractivity contribution in [2.75, 3.05) is 0 Å². The predicted molar refractivity (Wildman–Crippen MR) is 22.9 cm³/mol. The van der Waals surface area contributed by atoms with Gasteiger partial charge >= 0.3 is 0 Å². The molecule has 0 aliphatic rings. The van der Waals surface area contributed by atoms with Crippen molar-refractivity contribution in [1.29, 1.82) is 0 Å². The van der Waals surface area contributed by atoms with Gasteiger partial charge in [-0.2, -0.15) is 0 Å². The first-order valence-corrected chi connectivity index (χ1v) is 1.62. The molecule has 1 radical (unpaired) electrons. The van der Waals surface area contributed by atoms with E-state index in [9.17, 15) is 4.79 Å². The van der Waals surface area contributed by atoms with Gasteiger partial charge < -0.3 is 0 Å². The second-order valence-electron chi connectivity index (χ2n) is 0.916. The fourth-order valence-corrected chi connectivity index (χ4v) is 0.131. The van der Waals surface area contributed by atoms with Crippen molar-refractivity contribution >= 4 is 5.91 Å². The summed E-state index contributed by atoms with van der Waals surface area (Å²) in [4.78, 5) is 9.64. The smallest absolute Gasteiger partial charge is 0.242 e. The summed E-state index contributed by atoms with van der Waals surface area (Å²) in [6.45, 7) is 3.26. The number of nitrogens with one attached hydrogen (secondary N) is 1. The fraction of sp³-hybridized carbons (Fsp3) is 0.250. The average Bonchev–Trinajstić information content (AvgIpc) is 1.35. The van der Waals surface area contributed by atoms with Gasteiger partial charge in [0, 0.05) is 6.42 Å². The Morgan fingerprint density at radius 1 is 2.00 bits per heavy atom. The molecular weight excluding hydrogens is 78.0 g/mol. The fourth-order valence-electron chi connectivity index (χ4n) is 0.131. The van der Waals surface area contributed by atoms with E-state index in [-0.39, 0.29) is 6.42 Å². The van der Waals surface area contributed by atoms with Crippen LogP contribution in [0.4, 0.5) is 0 Å². The van der Waals surface area contributed by atoms with Crippen molar-refractivity contribution < 1.29 is 4.79 Å². The Balaban J connectivity index is 3.05. The predicted octanol–water partition coefficient (Wildman–Crippen LogP) is 0.372. The molecule has 2 nitrogen and oxygen atoms in total. The van der Waals surface area contributed by atoms with Crippen molar-refractivity contribution in [3.8, 4) is 0 Å². The lowest BCUT2D eigenvalue weighted by Crippen LogP contribution is -1.92. The molecule has 1 N–H and O–H groups in total. The summed E-state index contributed by atoms with van der Waals surface area (Å²) in [6, 6.07) is 0. The van der Waals surface area contributed by atoms with Gasteiger partial charge in [-0.25, -0.2) is 0 Å². The number of hydrogen-bond donors (Lipinski definition) is 0. The number of hydrogen-bond acceptors (Lipinski definition) is 1. The number of amides is 1. The molecule has 0 aliphatic heterocycles. The van der Waals surface area contributed by atoms with Crippen LogP contribution in [0.2, 0.25) is 0 Å². The highest BCUT2D eigenvalue weighted by Gasteiger charge is 1.82. The summed E-state index contributed by atoms with van der Waals surface area (Å²) < 4.78 is 0. The van der Waals surface area contributed by atoms with E-state index in [0.717, 1.165) is 0 Å². The summed E-state index contributed by atoms with van der Waals surface area (Å²) in [7, 11) is 0. The van der Waals surface area contributed by atoms with E-state index in [1.807, 2.05) is 0 Å². The Kier molecular flexibility index (Phi) is 2.13. The van der Waals surface area contributed by atoms with Crippen LogP contribution in [0.5, 0.6) is 0 Å². The van der Waals surface area contributed by atoms with Crippen molar-refractivity contribution in [1.82, 2.24) is 5.73 Å². The Bertz CT molecular complexity index is 67.9. The molecule has 0 aromatic rings. The maximum atomic E-state index is 9.64.